The molecule has 1 heterocycles. The number of aliphatic hydroxyl groups is 1. The van der Waals surface area contributed by atoms with Gasteiger partial charge in [-0.3, -0.25) is 0 Å². The number of benzene rings is 1. The molecule has 0 aliphatic carbocycles. The number of ether oxygens (including phenoxy) is 1. The summed E-state index contributed by atoms with van der Waals surface area (Å²) in [7, 11) is 2.18. The Morgan fingerprint density at radius 2 is 1.85 bits per heavy atom. The van der Waals surface area contributed by atoms with Gasteiger partial charge in [-0.2, -0.15) is 0 Å². The molecule has 0 aromatic heterocycles. The van der Waals surface area contributed by atoms with Crippen LogP contribution in [-0.4, -0.2) is 61.3 Å². The molecule has 4 heteroatoms. The molecule has 2 rings (SSSR count). The van der Waals surface area contributed by atoms with Gasteiger partial charge < -0.3 is 19.6 Å². The minimum atomic E-state index is 0.0392. The molecule has 4 nitrogen and oxygen atoms in total. The predicted octanol–water partition coefficient (Wildman–Crippen LogP) is 1.59. The summed E-state index contributed by atoms with van der Waals surface area (Å²) in [6, 6.07) is 7.69. The van der Waals surface area contributed by atoms with Crippen LogP contribution in [0.25, 0.3) is 0 Å². The van der Waals surface area contributed by atoms with Gasteiger partial charge in [0, 0.05) is 31.7 Å². The van der Waals surface area contributed by atoms with Gasteiger partial charge in [-0.25, -0.2) is 0 Å². The molecule has 1 saturated heterocycles. The zero-order valence-corrected chi connectivity index (χ0v) is 12.4. The zero-order chi connectivity index (χ0) is 14.2. The first-order valence-corrected chi connectivity index (χ1v) is 7.52. The second-order valence-corrected chi connectivity index (χ2v) is 5.47. The molecular formula is C16H26N2O2. The highest BCUT2D eigenvalue weighted by molar-refractivity contribution is 5.32. The molecule has 0 amide bonds. The molecule has 20 heavy (non-hydrogen) atoms. The van der Waals surface area contributed by atoms with E-state index < -0.39 is 0 Å². The van der Waals surface area contributed by atoms with Gasteiger partial charge in [0.1, 0.15) is 5.75 Å². The minimum absolute atomic E-state index is 0.0392. The lowest BCUT2D eigenvalue weighted by atomic mass is 10.2. The number of aliphatic hydroxyl groups excluding tert-OH is 1. The second-order valence-electron chi connectivity index (χ2n) is 5.47. The van der Waals surface area contributed by atoms with Gasteiger partial charge in [0.25, 0.3) is 0 Å². The smallest absolute Gasteiger partial charge is 0.124 e. The predicted molar refractivity (Wildman–Crippen MR) is 81.0 cm³/mol. The number of likely N-dealkylation sites (N-methyl/N-ethyl adjacent to an activating group) is 1. The van der Waals surface area contributed by atoms with Crippen molar-refractivity contribution in [3.05, 3.63) is 29.8 Å². The molecule has 1 aromatic carbocycles. The van der Waals surface area contributed by atoms with Crippen LogP contribution in [0, 0.1) is 0 Å². The Kier molecular flexibility index (Phi) is 6.30. The van der Waals surface area contributed by atoms with E-state index in [-0.39, 0.29) is 6.61 Å². The average Bonchev–Trinajstić information content (AvgIpc) is 2.49. The third kappa shape index (κ3) is 4.78. The fourth-order valence-electron chi connectivity index (χ4n) is 2.47. The third-order valence-electron chi connectivity index (χ3n) is 3.87. The highest BCUT2D eigenvalue weighted by atomic mass is 16.5. The maximum atomic E-state index is 9.22. The van der Waals surface area contributed by atoms with E-state index in [2.05, 4.69) is 16.8 Å². The van der Waals surface area contributed by atoms with Crippen molar-refractivity contribution in [2.45, 2.75) is 19.4 Å². The molecule has 0 bridgehead atoms. The minimum Gasteiger partial charge on any atom is -0.493 e. The summed E-state index contributed by atoms with van der Waals surface area (Å²) < 4.78 is 5.75. The molecule has 0 atom stereocenters. The summed E-state index contributed by atoms with van der Waals surface area (Å²) in [5.41, 5.74) is 0.867. The zero-order valence-electron chi connectivity index (χ0n) is 12.4. The van der Waals surface area contributed by atoms with E-state index in [1.807, 2.05) is 24.3 Å². The summed E-state index contributed by atoms with van der Waals surface area (Å²) in [6.45, 7) is 6.66. The Labute approximate surface area is 122 Å². The van der Waals surface area contributed by atoms with Crippen LogP contribution in [0.2, 0.25) is 0 Å². The fraction of sp³-hybridized carbons (Fsp3) is 0.625. The van der Waals surface area contributed by atoms with Crippen molar-refractivity contribution in [3.8, 4) is 5.75 Å². The van der Waals surface area contributed by atoms with Gasteiger partial charge in [0.05, 0.1) is 13.2 Å². The van der Waals surface area contributed by atoms with Crippen molar-refractivity contribution in [3.63, 3.8) is 0 Å². The van der Waals surface area contributed by atoms with Crippen LogP contribution < -0.4 is 4.74 Å². The number of hydrogen-bond donors (Lipinski definition) is 1. The van der Waals surface area contributed by atoms with E-state index >= 15 is 0 Å². The molecule has 0 saturated carbocycles. The van der Waals surface area contributed by atoms with Crippen molar-refractivity contribution in [2.75, 3.05) is 46.4 Å². The maximum Gasteiger partial charge on any atom is 0.124 e. The Hall–Kier alpha value is -1.10. The molecule has 0 spiro atoms. The van der Waals surface area contributed by atoms with Crippen molar-refractivity contribution >= 4 is 0 Å². The van der Waals surface area contributed by atoms with Crippen LogP contribution >= 0.6 is 0 Å². The van der Waals surface area contributed by atoms with Gasteiger partial charge in [0.2, 0.25) is 0 Å². The number of unbranched alkanes of at least 4 members (excludes halogenated alkanes) is 1. The Bertz CT molecular complexity index is 390. The molecule has 1 fully saturated rings. The number of hydrogen-bond acceptors (Lipinski definition) is 4. The number of piperazine rings is 1. The molecule has 1 aliphatic heterocycles. The van der Waals surface area contributed by atoms with Gasteiger partial charge in [0.15, 0.2) is 0 Å². The largest absolute Gasteiger partial charge is 0.493 e. The van der Waals surface area contributed by atoms with E-state index in [0.717, 1.165) is 24.3 Å². The normalized spacial score (nSPS) is 17.3. The monoisotopic (exact) mass is 278 g/mol. The van der Waals surface area contributed by atoms with E-state index in [1.54, 1.807) is 0 Å². The van der Waals surface area contributed by atoms with Crippen LogP contribution in [0.15, 0.2) is 24.3 Å². The van der Waals surface area contributed by atoms with Crippen molar-refractivity contribution in [1.82, 2.24) is 9.80 Å². The second kappa shape index (κ2) is 8.25. The number of para-hydroxylation sites is 1. The van der Waals surface area contributed by atoms with E-state index in [0.29, 0.717) is 0 Å². The molecule has 1 aromatic rings. The lowest BCUT2D eigenvalue weighted by molar-refractivity contribution is 0.149. The topological polar surface area (TPSA) is 35.9 Å². The van der Waals surface area contributed by atoms with Crippen molar-refractivity contribution in [2.24, 2.45) is 0 Å². The first-order chi connectivity index (χ1) is 9.79. The average molecular weight is 278 g/mol. The van der Waals surface area contributed by atoms with E-state index in [1.165, 1.54) is 39.1 Å². The maximum absolute atomic E-state index is 9.22. The number of nitrogens with zero attached hydrogens (tertiary/aromatic N) is 2. The van der Waals surface area contributed by atoms with Crippen LogP contribution in [0.4, 0.5) is 0 Å². The van der Waals surface area contributed by atoms with Crippen LogP contribution in [-0.2, 0) is 6.61 Å². The summed E-state index contributed by atoms with van der Waals surface area (Å²) in [5, 5.41) is 9.22. The Morgan fingerprint density at radius 3 is 2.60 bits per heavy atom. The van der Waals surface area contributed by atoms with Crippen LogP contribution in [0.3, 0.4) is 0 Å². The molecule has 1 N–H and O–H groups in total. The first kappa shape index (κ1) is 15.3. The summed E-state index contributed by atoms with van der Waals surface area (Å²) in [4.78, 5) is 4.91. The highest BCUT2D eigenvalue weighted by Gasteiger charge is 2.12. The molecule has 112 valence electrons. The van der Waals surface area contributed by atoms with Crippen molar-refractivity contribution in [1.29, 1.82) is 0 Å². The van der Waals surface area contributed by atoms with Gasteiger partial charge >= 0.3 is 0 Å². The van der Waals surface area contributed by atoms with Crippen LogP contribution in [0.5, 0.6) is 5.75 Å². The molecule has 0 unspecified atom stereocenters. The van der Waals surface area contributed by atoms with E-state index in [9.17, 15) is 5.11 Å². The highest BCUT2D eigenvalue weighted by Crippen LogP contribution is 2.17. The lowest BCUT2D eigenvalue weighted by Crippen LogP contribution is -2.44. The van der Waals surface area contributed by atoms with Gasteiger partial charge in [-0.15, -0.1) is 0 Å². The lowest BCUT2D eigenvalue weighted by Gasteiger charge is -2.32. The standard InChI is InChI=1S/C16H26N2O2/c1-17-9-11-18(12-10-17)8-4-5-13-20-16-7-3-2-6-15(16)14-19/h2-3,6-7,19H,4-5,8-14H2,1H3. The summed E-state index contributed by atoms with van der Waals surface area (Å²) in [6.07, 6.45) is 2.23. The van der Waals surface area contributed by atoms with Gasteiger partial charge in [-0.1, -0.05) is 18.2 Å². The van der Waals surface area contributed by atoms with Crippen molar-refractivity contribution < 1.29 is 9.84 Å². The van der Waals surface area contributed by atoms with Gasteiger partial charge in [-0.05, 0) is 32.5 Å². The molecule has 0 radical (unpaired) electrons. The quantitative estimate of drug-likeness (QED) is 0.768. The van der Waals surface area contributed by atoms with Crippen LogP contribution in [0.1, 0.15) is 18.4 Å². The molecule has 1 aliphatic rings. The fourth-order valence-corrected chi connectivity index (χ4v) is 2.47. The number of rotatable bonds is 7. The Morgan fingerprint density at radius 1 is 1.10 bits per heavy atom. The SMILES string of the molecule is CN1CCN(CCCCOc2ccccc2CO)CC1. The molecular weight excluding hydrogens is 252 g/mol. The first-order valence-electron chi connectivity index (χ1n) is 7.52. The Balaban J connectivity index is 1.59. The third-order valence-corrected chi connectivity index (χ3v) is 3.87. The summed E-state index contributed by atoms with van der Waals surface area (Å²) in [5.74, 6) is 0.814. The van der Waals surface area contributed by atoms with E-state index in [4.69, 9.17) is 4.74 Å². The summed E-state index contributed by atoms with van der Waals surface area (Å²) >= 11 is 0.